The van der Waals surface area contributed by atoms with Gasteiger partial charge in [-0.25, -0.2) is 4.98 Å². The highest BCUT2D eigenvalue weighted by molar-refractivity contribution is 5.84. The van der Waals surface area contributed by atoms with Crippen molar-refractivity contribution in [1.29, 1.82) is 0 Å². The Morgan fingerprint density at radius 1 is 1.06 bits per heavy atom. The number of hydrogen-bond donors (Lipinski definition) is 0. The van der Waals surface area contributed by atoms with Gasteiger partial charge in [0.1, 0.15) is 11.4 Å². The molecule has 0 atom stereocenters. The number of hydrogen-bond acceptors (Lipinski definition) is 3. The molecule has 0 radical (unpaired) electrons. The molecule has 2 aromatic heterocycles. The molecule has 0 unspecified atom stereocenters. The molecule has 0 spiro atoms. The zero-order valence-corrected chi connectivity index (χ0v) is 10.00. The van der Waals surface area contributed by atoms with E-state index in [4.69, 9.17) is 4.74 Å². The van der Waals surface area contributed by atoms with Gasteiger partial charge in [-0.05, 0) is 24.3 Å². The molecule has 1 aromatic carbocycles. The summed E-state index contributed by atoms with van der Waals surface area (Å²) >= 11 is 0. The van der Waals surface area contributed by atoms with E-state index in [0.29, 0.717) is 0 Å². The van der Waals surface area contributed by atoms with Crippen LogP contribution in [0.2, 0.25) is 0 Å². The molecular formula is C15H12N2O. The standard InChI is InChI=1S/C15H12N2O/c1-18-14-9-11-5-2-3-7-13(11)17-15(14)12-6-4-8-16-10-12/h2-10H,1H3. The highest BCUT2D eigenvalue weighted by Crippen LogP contribution is 2.30. The first kappa shape index (κ1) is 10.7. The van der Waals surface area contributed by atoms with Gasteiger partial charge in [0.15, 0.2) is 0 Å². The number of para-hydroxylation sites is 1. The van der Waals surface area contributed by atoms with Crippen LogP contribution in [0.3, 0.4) is 0 Å². The maximum absolute atomic E-state index is 5.42. The SMILES string of the molecule is COc1cc2ccccc2nc1-c1cccnc1. The lowest BCUT2D eigenvalue weighted by atomic mass is 10.1. The van der Waals surface area contributed by atoms with E-state index in [9.17, 15) is 0 Å². The number of fused-ring (bicyclic) bond motifs is 1. The molecule has 3 rings (SSSR count). The lowest BCUT2D eigenvalue weighted by Gasteiger charge is -2.09. The zero-order chi connectivity index (χ0) is 12.4. The average molecular weight is 236 g/mol. The average Bonchev–Trinajstić information content (AvgIpc) is 2.46. The van der Waals surface area contributed by atoms with Gasteiger partial charge < -0.3 is 4.74 Å². The van der Waals surface area contributed by atoms with Crippen LogP contribution in [0.1, 0.15) is 0 Å². The molecule has 0 saturated carbocycles. The van der Waals surface area contributed by atoms with E-state index in [0.717, 1.165) is 27.9 Å². The summed E-state index contributed by atoms with van der Waals surface area (Å²) in [5.74, 6) is 0.765. The van der Waals surface area contributed by atoms with Crippen LogP contribution in [0, 0.1) is 0 Å². The number of rotatable bonds is 2. The number of methoxy groups -OCH3 is 1. The fraction of sp³-hybridized carbons (Fsp3) is 0.0667. The highest BCUT2D eigenvalue weighted by atomic mass is 16.5. The van der Waals surface area contributed by atoms with Crippen molar-refractivity contribution < 1.29 is 4.74 Å². The minimum absolute atomic E-state index is 0.765. The molecule has 2 heterocycles. The summed E-state index contributed by atoms with van der Waals surface area (Å²) in [6.45, 7) is 0. The van der Waals surface area contributed by atoms with Gasteiger partial charge >= 0.3 is 0 Å². The molecular weight excluding hydrogens is 224 g/mol. The summed E-state index contributed by atoms with van der Waals surface area (Å²) in [6, 6.07) is 13.9. The Bertz CT molecular complexity index is 680. The van der Waals surface area contributed by atoms with Gasteiger partial charge in [-0.15, -0.1) is 0 Å². The van der Waals surface area contributed by atoms with Crippen LogP contribution >= 0.6 is 0 Å². The van der Waals surface area contributed by atoms with Crippen LogP contribution in [0.25, 0.3) is 22.2 Å². The van der Waals surface area contributed by atoms with E-state index in [1.807, 2.05) is 42.5 Å². The second-order valence-electron chi connectivity index (χ2n) is 3.97. The largest absolute Gasteiger partial charge is 0.494 e. The summed E-state index contributed by atoms with van der Waals surface area (Å²) in [4.78, 5) is 8.77. The van der Waals surface area contributed by atoms with Gasteiger partial charge in [-0.1, -0.05) is 18.2 Å². The van der Waals surface area contributed by atoms with E-state index >= 15 is 0 Å². The molecule has 3 nitrogen and oxygen atoms in total. The molecule has 0 amide bonds. The van der Waals surface area contributed by atoms with Gasteiger partial charge in [0.05, 0.1) is 12.6 Å². The van der Waals surface area contributed by atoms with Gasteiger partial charge in [0.25, 0.3) is 0 Å². The predicted octanol–water partition coefficient (Wildman–Crippen LogP) is 3.31. The number of pyridine rings is 2. The zero-order valence-electron chi connectivity index (χ0n) is 10.00. The van der Waals surface area contributed by atoms with E-state index < -0.39 is 0 Å². The summed E-state index contributed by atoms with van der Waals surface area (Å²) in [5.41, 5.74) is 2.74. The Morgan fingerprint density at radius 3 is 2.72 bits per heavy atom. The molecule has 0 bridgehead atoms. The molecule has 88 valence electrons. The quantitative estimate of drug-likeness (QED) is 0.684. The van der Waals surface area contributed by atoms with Crippen LogP contribution in [0.15, 0.2) is 54.9 Å². The smallest absolute Gasteiger partial charge is 0.145 e. The maximum Gasteiger partial charge on any atom is 0.145 e. The van der Waals surface area contributed by atoms with Crippen molar-refractivity contribution in [3.63, 3.8) is 0 Å². The topological polar surface area (TPSA) is 35.0 Å². The number of aromatic nitrogens is 2. The van der Waals surface area contributed by atoms with Crippen LogP contribution in [0.5, 0.6) is 5.75 Å². The molecule has 3 heteroatoms. The molecule has 0 fully saturated rings. The molecule has 0 saturated heterocycles. The molecule has 18 heavy (non-hydrogen) atoms. The lowest BCUT2D eigenvalue weighted by molar-refractivity contribution is 0.415. The highest BCUT2D eigenvalue weighted by Gasteiger charge is 2.09. The monoisotopic (exact) mass is 236 g/mol. The van der Waals surface area contributed by atoms with Gasteiger partial charge in [-0.3, -0.25) is 4.98 Å². The third-order valence-corrected chi connectivity index (χ3v) is 2.84. The summed E-state index contributed by atoms with van der Waals surface area (Å²) in [7, 11) is 1.66. The third-order valence-electron chi connectivity index (χ3n) is 2.84. The van der Waals surface area contributed by atoms with Crippen LogP contribution in [0.4, 0.5) is 0 Å². The third kappa shape index (κ3) is 1.80. The van der Waals surface area contributed by atoms with Crippen molar-refractivity contribution in [2.24, 2.45) is 0 Å². The summed E-state index contributed by atoms with van der Waals surface area (Å²) in [6.07, 6.45) is 3.54. The summed E-state index contributed by atoms with van der Waals surface area (Å²) < 4.78 is 5.42. The number of nitrogens with zero attached hydrogens (tertiary/aromatic N) is 2. The lowest BCUT2D eigenvalue weighted by Crippen LogP contribution is -1.92. The van der Waals surface area contributed by atoms with Gasteiger partial charge in [0.2, 0.25) is 0 Å². The minimum atomic E-state index is 0.765. The first-order valence-electron chi connectivity index (χ1n) is 5.72. The predicted molar refractivity (Wildman–Crippen MR) is 71.5 cm³/mol. The Labute approximate surface area is 105 Å². The van der Waals surface area contributed by atoms with E-state index in [1.165, 1.54) is 0 Å². The van der Waals surface area contributed by atoms with Crippen molar-refractivity contribution in [2.75, 3.05) is 7.11 Å². The minimum Gasteiger partial charge on any atom is -0.494 e. The molecule has 3 aromatic rings. The second kappa shape index (κ2) is 4.45. The number of ether oxygens (including phenoxy) is 1. The second-order valence-corrected chi connectivity index (χ2v) is 3.97. The first-order chi connectivity index (χ1) is 8.88. The molecule has 0 aliphatic heterocycles. The van der Waals surface area contributed by atoms with Crippen LogP contribution in [-0.2, 0) is 0 Å². The summed E-state index contributed by atoms with van der Waals surface area (Å²) in [5, 5.41) is 1.07. The fourth-order valence-corrected chi connectivity index (χ4v) is 1.96. The maximum atomic E-state index is 5.42. The van der Waals surface area contributed by atoms with Crippen LogP contribution < -0.4 is 4.74 Å². The van der Waals surface area contributed by atoms with E-state index in [-0.39, 0.29) is 0 Å². The molecule has 0 aliphatic rings. The van der Waals surface area contributed by atoms with Gasteiger partial charge in [-0.2, -0.15) is 0 Å². The van der Waals surface area contributed by atoms with E-state index in [1.54, 1.807) is 19.5 Å². The fourth-order valence-electron chi connectivity index (χ4n) is 1.96. The first-order valence-corrected chi connectivity index (χ1v) is 5.72. The van der Waals surface area contributed by atoms with Gasteiger partial charge in [0, 0.05) is 23.3 Å². The normalized spacial score (nSPS) is 10.5. The Balaban J connectivity index is 2.27. The van der Waals surface area contributed by atoms with Crippen molar-refractivity contribution in [1.82, 2.24) is 9.97 Å². The van der Waals surface area contributed by atoms with Crippen molar-refractivity contribution >= 4 is 10.9 Å². The van der Waals surface area contributed by atoms with Crippen molar-refractivity contribution in [2.45, 2.75) is 0 Å². The van der Waals surface area contributed by atoms with Crippen molar-refractivity contribution in [3.05, 3.63) is 54.9 Å². The Kier molecular flexibility index (Phi) is 2.65. The van der Waals surface area contributed by atoms with Crippen LogP contribution in [-0.4, -0.2) is 17.1 Å². The Morgan fingerprint density at radius 2 is 1.94 bits per heavy atom. The molecule has 0 aliphatic carbocycles. The van der Waals surface area contributed by atoms with E-state index in [2.05, 4.69) is 9.97 Å². The van der Waals surface area contributed by atoms with Crippen molar-refractivity contribution in [3.8, 4) is 17.0 Å². The molecule has 0 N–H and O–H groups in total. The Hall–Kier alpha value is -2.42. The number of benzene rings is 1.